The van der Waals surface area contributed by atoms with E-state index < -0.39 is 40.0 Å². The lowest BCUT2D eigenvalue weighted by atomic mass is 10.0. The molecule has 3 atom stereocenters. The fraction of sp³-hybridized carbons (Fsp3) is 0.833. The molecule has 0 radical (unpaired) electrons. The van der Waals surface area contributed by atoms with Crippen molar-refractivity contribution in [2.45, 2.75) is 218 Å². The highest BCUT2D eigenvalue weighted by Gasteiger charge is 2.27. The number of carbonyl (C=O) groups excluding carboxylic acids is 1. The van der Waals surface area contributed by atoms with E-state index in [9.17, 15) is 28.0 Å². The highest BCUT2D eigenvalue weighted by atomic mass is 32.2. The molecule has 0 rings (SSSR count). The number of allylic oxidation sites excluding steroid dienone is 5. The molecule has 294 valence electrons. The van der Waals surface area contributed by atoms with Gasteiger partial charge in [-0.25, -0.2) is 0 Å². The highest BCUT2D eigenvalue weighted by molar-refractivity contribution is 7.85. The van der Waals surface area contributed by atoms with Crippen LogP contribution in [0.2, 0.25) is 0 Å². The van der Waals surface area contributed by atoms with Crippen LogP contribution in [0.4, 0.5) is 0 Å². The first-order valence-corrected chi connectivity index (χ1v) is 22.4. The molecule has 0 saturated heterocycles. The molecule has 0 fully saturated rings. The molecule has 0 aromatic heterocycles. The van der Waals surface area contributed by atoms with Gasteiger partial charge >= 0.3 is 0 Å². The molecular formula is C42H79NO6S. The zero-order chi connectivity index (χ0) is 37.0. The Balaban J connectivity index is 4.01. The van der Waals surface area contributed by atoms with E-state index in [4.69, 9.17) is 0 Å². The Labute approximate surface area is 309 Å². The monoisotopic (exact) mass is 726 g/mol. The predicted octanol–water partition coefficient (Wildman–Crippen LogP) is 11.1. The van der Waals surface area contributed by atoms with Crippen LogP contribution in [0.1, 0.15) is 200 Å². The summed E-state index contributed by atoms with van der Waals surface area (Å²) in [5.74, 6) is -1.56. The average Bonchev–Trinajstić information content (AvgIpc) is 3.08. The fourth-order valence-electron chi connectivity index (χ4n) is 6.19. The van der Waals surface area contributed by atoms with E-state index in [1.165, 1.54) is 128 Å². The van der Waals surface area contributed by atoms with Gasteiger partial charge in [-0.1, -0.05) is 192 Å². The van der Waals surface area contributed by atoms with Crippen LogP contribution < -0.4 is 5.32 Å². The minimum Gasteiger partial charge on any atom is -0.387 e. The van der Waals surface area contributed by atoms with Gasteiger partial charge in [0.25, 0.3) is 10.1 Å². The van der Waals surface area contributed by atoms with Crippen LogP contribution in [0.5, 0.6) is 0 Å². The molecule has 50 heavy (non-hydrogen) atoms. The molecule has 7 nitrogen and oxygen atoms in total. The van der Waals surface area contributed by atoms with E-state index in [2.05, 4.69) is 43.5 Å². The molecule has 0 aliphatic carbocycles. The number of unbranched alkanes of at least 4 members (excludes halogenated alkanes) is 24. The van der Waals surface area contributed by atoms with Crippen molar-refractivity contribution in [1.82, 2.24) is 5.32 Å². The normalized spacial score (nSPS) is 14.3. The lowest BCUT2D eigenvalue weighted by Gasteiger charge is -2.22. The largest absolute Gasteiger partial charge is 0.387 e. The van der Waals surface area contributed by atoms with E-state index in [1.54, 1.807) is 6.08 Å². The Bertz CT molecular complexity index is 948. The summed E-state index contributed by atoms with van der Waals surface area (Å²) in [4.78, 5) is 12.6. The van der Waals surface area contributed by atoms with E-state index in [0.29, 0.717) is 12.8 Å². The fourth-order valence-corrected chi connectivity index (χ4v) is 6.93. The maximum Gasteiger partial charge on any atom is 0.267 e. The number of nitrogens with one attached hydrogen (secondary N) is 1. The first-order valence-electron chi connectivity index (χ1n) is 20.8. The van der Waals surface area contributed by atoms with Gasteiger partial charge in [-0.05, 0) is 44.9 Å². The second-order valence-electron chi connectivity index (χ2n) is 14.4. The molecule has 8 heteroatoms. The molecule has 0 aromatic carbocycles. The summed E-state index contributed by atoms with van der Waals surface area (Å²) in [7, 11) is -4.45. The Morgan fingerprint density at radius 1 is 0.540 bits per heavy atom. The van der Waals surface area contributed by atoms with Crippen molar-refractivity contribution in [2.75, 3.05) is 5.75 Å². The van der Waals surface area contributed by atoms with Crippen molar-refractivity contribution in [3.05, 3.63) is 36.5 Å². The van der Waals surface area contributed by atoms with Gasteiger partial charge in [0.15, 0.2) is 0 Å². The van der Waals surface area contributed by atoms with Gasteiger partial charge in [-0.2, -0.15) is 8.42 Å². The van der Waals surface area contributed by atoms with Crippen molar-refractivity contribution >= 4 is 16.0 Å². The lowest BCUT2D eigenvalue weighted by Crippen LogP contribution is -2.50. The summed E-state index contributed by atoms with van der Waals surface area (Å²) in [6.07, 6.45) is 43.5. The first kappa shape index (κ1) is 48.5. The number of aliphatic hydroxyl groups excluding tert-OH is 2. The maximum absolute atomic E-state index is 12.6. The van der Waals surface area contributed by atoms with Crippen LogP contribution in [0.25, 0.3) is 0 Å². The second kappa shape index (κ2) is 35.9. The molecule has 0 aromatic rings. The van der Waals surface area contributed by atoms with Crippen molar-refractivity contribution in [2.24, 2.45) is 0 Å². The standard InChI is InChI=1S/C42H79NO6S/c1-3-5-7-9-11-13-15-17-18-19-20-21-22-23-25-27-29-31-33-35-37-41(45)42(46)43-39(38-50(47,48)49)40(44)36-34-32-30-28-26-24-16-14-12-10-8-6-4-2/h12,14,26,28,34,36,39-41,44-45H,3-11,13,15-25,27,29-33,35,37-38H2,1-2H3,(H,43,46)(H,47,48,49)/b14-12+,28-26+,36-34+. The minimum atomic E-state index is -4.45. The van der Waals surface area contributed by atoms with Crippen LogP contribution in [0.3, 0.4) is 0 Å². The van der Waals surface area contributed by atoms with Gasteiger partial charge in [0, 0.05) is 0 Å². The number of amides is 1. The highest BCUT2D eigenvalue weighted by Crippen LogP contribution is 2.16. The topological polar surface area (TPSA) is 124 Å². The molecule has 0 bridgehead atoms. The van der Waals surface area contributed by atoms with Crippen LogP contribution in [-0.4, -0.2) is 53.1 Å². The second-order valence-corrected chi connectivity index (χ2v) is 15.9. The smallest absolute Gasteiger partial charge is 0.267 e. The maximum atomic E-state index is 12.6. The van der Waals surface area contributed by atoms with Gasteiger partial charge in [-0.3, -0.25) is 9.35 Å². The summed E-state index contributed by atoms with van der Waals surface area (Å²) in [5.41, 5.74) is 0. The van der Waals surface area contributed by atoms with E-state index in [0.717, 1.165) is 44.9 Å². The van der Waals surface area contributed by atoms with Gasteiger partial charge in [0.2, 0.25) is 5.91 Å². The summed E-state index contributed by atoms with van der Waals surface area (Å²) in [6.45, 7) is 4.48. The zero-order valence-electron chi connectivity index (χ0n) is 32.4. The Kier molecular flexibility index (Phi) is 34.8. The third-order valence-electron chi connectivity index (χ3n) is 9.40. The number of hydrogen-bond acceptors (Lipinski definition) is 5. The lowest BCUT2D eigenvalue weighted by molar-refractivity contribution is -0.130. The summed E-state index contributed by atoms with van der Waals surface area (Å²) >= 11 is 0. The molecule has 4 N–H and O–H groups in total. The van der Waals surface area contributed by atoms with Crippen molar-refractivity contribution in [1.29, 1.82) is 0 Å². The predicted molar refractivity (Wildman–Crippen MR) is 213 cm³/mol. The van der Waals surface area contributed by atoms with Gasteiger partial charge in [0.05, 0.1) is 17.9 Å². The molecule has 0 saturated carbocycles. The van der Waals surface area contributed by atoms with E-state index in [-0.39, 0.29) is 6.42 Å². The van der Waals surface area contributed by atoms with Gasteiger partial charge in [0.1, 0.15) is 6.10 Å². The molecule has 0 aliphatic rings. The molecule has 0 spiro atoms. The molecule has 3 unspecified atom stereocenters. The van der Waals surface area contributed by atoms with E-state index >= 15 is 0 Å². The zero-order valence-corrected chi connectivity index (χ0v) is 33.2. The van der Waals surface area contributed by atoms with Crippen LogP contribution in [0, 0.1) is 0 Å². The Hall–Kier alpha value is -1.48. The molecule has 1 amide bonds. The Morgan fingerprint density at radius 2 is 0.900 bits per heavy atom. The third-order valence-corrected chi connectivity index (χ3v) is 10.2. The van der Waals surface area contributed by atoms with E-state index in [1.807, 2.05) is 0 Å². The molecular weight excluding hydrogens is 647 g/mol. The quantitative estimate of drug-likeness (QED) is 0.0287. The molecule has 0 aliphatic heterocycles. The van der Waals surface area contributed by atoms with Crippen molar-refractivity contribution < 1.29 is 28.0 Å². The van der Waals surface area contributed by atoms with Gasteiger partial charge < -0.3 is 15.5 Å². The van der Waals surface area contributed by atoms with Crippen molar-refractivity contribution in [3.63, 3.8) is 0 Å². The summed E-state index contributed by atoms with van der Waals surface area (Å²) < 4.78 is 32.5. The number of hydrogen-bond donors (Lipinski definition) is 4. The Morgan fingerprint density at radius 3 is 1.32 bits per heavy atom. The van der Waals surface area contributed by atoms with Crippen LogP contribution >= 0.6 is 0 Å². The first-order chi connectivity index (χ1) is 24.2. The average molecular weight is 726 g/mol. The third kappa shape index (κ3) is 34.9. The summed E-state index contributed by atoms with van der Waals surface area (Å²) in [5, 5.41) is 23.3. The van der Waals surface area contributed by atoms with Gasteiger partial charge in [-0.15, -0.1) is 0 Å². The number of carbonyl (C=O) groups is 1. The molecule has 0 heterocycles. The number of aliphatic hydroxyl groups is 2. The van der Waals surface area contributed by atoms with Crippen LogP contribution in [0.15, 0.2) is 36.5 Å². The number of rotatable bonds is 37. The van der Waals surface area contributed by atoms with Crippen LogP contribution in [-0.2, 0) is 14.9 Å². The SMILES string of the molecule is CCCCC/C=C/CC/C=C/CC/C=C/C(O)C(CS(=O)(=O)O)NC(=O)C(O)CCCCCCCCCCCCCCCCCCCCCC. The summed E-state index contributed by atoms with van der Waals surface area (Å²) in [6, 6.07) is -1.25. The minimum absolute atomic E-state index is 0.274. The van der Waals surface area contributed by atoms with Crippen molar-refractivity contribution in [3.8, 4) is 0 Å².